The minimum Gasteiger partial charge on any atom is -0.368 e. The van der Waals surface area contributed by atoms with Gasteiger partial charge >= 0.3 is 6.18 Å². The zero-order valence-corrected chi connectivity index (χ0v) is 12.3. The summed E-state index contributed by atoms with van der Waals surface area (Å²) in [5.41, 5.74) is 4.26. The van der Waals surface area contributed by atoms with Crippen molar-refractivity contribution in [2.45, 2.75) is 18.6 Å². The second-order valence-electron chi connectivity index (χ2n) is 4.22. The number of primary amides is 1. The molecule has 0 aromatic heterocycles. The predicted octanol–water partition coefficient (Wildman–Crippen LogP) is 2.59. The van der Waals surface area contributed by atoms with Crippen LogP contribution in [0.15, 0.2) is 35.3 Å². The van der Waals surface area contributed by atoms with Crippen LogP contribution in [0, 0.1) is 0 Å². The van der Waals surface area contributed by atoms with Gasteiger partial charge in [-0.05, 0) is 28.7 Å². The zero-order valence-electron chi connectivity index (χ0n) is 10.7. The second kappa shape index (κ2) is 6.75. The largest absolute Gasteiger partial charge is 0.416 e. The van der Waals surface area contributed by atoms with E-state index >= 15 is 0 Å². The topological polar surface area (TPSA) is 72.2 Å². The van der Waals surface area contributed by atoms with Gasteiger partial charge in [0, 0.05) is 12.0 Å². The number of amides is 2. The van der Waals surface area contributed by atoms with E-state index in [1.165, 1.54) is 0 Å². The fourth-order valence-corrected chi connectivity index (χ4v) is 1.82. The van der Waals surface area contributed by atoms with Crippen molar-refractivity contribution < 1.29 is 22.8 Å². The molecule has 1 aromatic carbocycles. The molecular formula is C13H12BrF3N2O2. The van der Waals surface area contributed by atoms with Crippen LogP contribution >= 0.6 is 15.9 Å². The Morgan fingerprint density at radius 3 is 2.19 bits per heavy atom. The Kier molecular flexibility index (Phi) is 5.54. The van der Waals surface area contributed by atoms with Crippen molar-refractivity contribution >= 4 is 27.7 Å². The highest BCUT2D eigenvalue weighted by atomic mass is 79.9. The summed E-state index contributed by atoms with van der Waals surface area (Å²) in [7, 11) is 0. The second-order valence-corrected chi connectivity index (χ2v) is 5.35. The molecule has 4 nitrogen and oxygen atoms in total. The first kappa shape index (κ1) is 17.2. The summed E-state index contributed by atoms with van der Waals surface area (Å²) in [5.74, 6) is -1.46. The average molecular weight is 365 g/mol. The van der Waals surface area contributed by atoms with Gasteiger partial charge in [-0.25, -0.2) is 0 Å². The van der Waals surface area contributed by atoms with Gasteiger partial charge in [-0.1, -0.05) is 22.5 Å². The fraction of sp³-hybridized carbons (Fsp3) is 0.231. The van der Waals surface area contributed by atoms with Crippen LogP contribution in [0.4, 0.5) is 13.2 Å². The lowest BCUT2D eigenvalue weighted by Crippen LogP contribution is -2.44. The van der Waals surface area contributed by atoms with E-state index in [2.05, 4.69) is 27.8 Å². The summed E-state index contributed by atoms with van der Waals surface area (Å²) in [5, 5.41) is 2.34. The van der Waals surface area contributed by atoms with Crippen molar-refractivity contribution in [1.29, 1.82) is 0 Å². The maximum Gasteiger partial charge on any atom is 0.416 e. The highest BCUT2D eigenvalue weighted by Gasteiger charge is 2.30. The summed E-state index contributed by atoms with van der Waals surface area (Å²) in [6, 6.07) is 2.64. The van der Waals surface area contributed by atoms with Crippen LogP contribution in [0.3, 0.4) is 0 Å². The van der Waals surface area contributed by atoms with Gasteiger partial charge in [-0.2, -0.15) is 13.2 Å². The molecule has 0 radical (unpaired) electrons. The van der Waals surface area contributed by atoms with E-state index in [1.54, 1.807) is 0 Å². The molecule has 3 N–H and O–H groups in total. The lowest BCUT2D eigenvalue weighted by atomic mass is 10.1. The van der Waals surface area contributed by atoms with Crippen LogP contribution in [-0.4, -0.2) is 17.9 Å². The molecule has 0 aliphatic rings. The van der Waals surface area contributed by atoms with Gasteiger partial charge in [0.05, 0.1) is 5.56 Å². The Morgan fingerprint density at radius 1 is 1.29 bits per heavy atom. The van der Waals surface area contributed by atoms with Crippen LogP contribution in [0.2, 0.25) is 0 Å². The number of nitrogens with one attached hydrogen (secondary N) is 1. The van der Waals surface area contributed by atoms with Gasteiger partial charge in [0.15, 0.2) is 0 Å². The molecule has 0 aliphatic carbocycles. The molecule has 114 valence electrons. The normalized spacial score (nSPS) is 12.6. The van der Waals surface area contributed by atoms with Gasteiger partial charge in [0.1, 0.15) is 6.04 Å². The molecule has 2 amide bonds. The summed E-state index contributed by atoms with van der Waals surface area (Å²) >= 11 is 3.04. The molecule has 8 heteroatoms. The van der Waals surface area contributed by atoms with Crippen molar-refractivity contribution in [2.24, 2.45) is 5.73 Å². The predicted molar refractivity (Wildman–Crippen MR) is 74.6 cm³/mol. The van der Waals surface area contributed by atoms with E-state index < -0.39 is 29.6 Å². The third-order valence-corrected chi connectivity index (χ3v) is 2.87. The van der Waals surface area contributed by atoms with Crippen LogP contribution in [0.1, 0.15) is 22.3 Å². The summed E-state index contributed by atoms with van der Waals surface area (Å²) in [4.78, 5) is 23.0. The standard InChI is InChI=1S/C13H12BrF3N2O2/c1-7(14)6-10(11(18)20)19-12(21)8-2-4-9(5-3-8)13(15,16)17/h2-5,10H,1,6H2,(H2,18,20)(H,19,21)/t10-/m0/s1. The van der Waals surface area contributed by atoms with Gasteiger partial charge < -0.3 is 11.1 Å². The SMILES string of the molecule is C=C(Br)C[C@H](NC(=O)c1ccc(C(F)(F)F)cc1)C(N)=O. The number of halogens is 4. The number of hydrogen-bond donors (Lipinski definition) is 2. The van der Waals surface area contributed by atoms with E-state index in [9.17, 15) is 22.8 Å². The van der Waals surface area contributed by atoms with Crippen molar-refractivity contribution in [2.75, 3.05) is 0 Å². The summed E-state index contributed by atoms with van der Waals surface area (Å²) in [6.07, 6.45) is -4.39. The smallest absolute Gasteiger partial charge is 0.368 e. The molecule has 0 saturated carbocycles. The number of hydrogen-bond acceptors (Lipinski definition) is 2. The average Bonchev–Trinajstić information content (AvgIpc) is 2.36. The lowest BCUT2D eigenvalue weighted by Gasteiger charge is -2.15. The van der Waals surface area contributed by atoms with Crippen LogP contribution in [0.25, 0.3) is 0 Å². The minimum atomic E-state index is -4.47. The first-order valence-electron chi connectivity index (χ1n) is 5.72. The third-order valence-electron chi connectivity index (χ3n) is 2.55. The number of carbonyl (C=O) groups is 2. The Balaban J connectivity index is 2.83. The Hall–Kier alpha value is -1.83. The molecule has 21 heavy (non-hydrogen) atoms. The Bertz CT molecular complexity index is 556. The molecule has 0 heterocycles. The maximum absolute atomic E-state index is 12.4. The summed E-state index contributed by atoms with van der Waals surface area (Å²) < 4.78 is 37.7. The van der Waals surface area contributed by atoms with E-state index in [-0.39, 0.29) is 12.0 Å². The molecule has 0 fully saturated rings. The molecule has 0 saturated heterocycles. The number of alkyl halides is 3. The zero-order chi connectivity index (χ0) is 16.2. The number of benzene rings is 1. The van der Waals surface area contributed by atoms with Gasteiger partial charge in [0.25, 0.3) is 5.91 Å². The molecule has 1 rings (SSSR count). The Morgan fingerprint density at radius 2 is 1.81 bits per heavy atom. The minimum absolute atomic E-state index is 0.00515. The number of carbonyl (C=O) groups excluding carboxylic acids is 2. The number of rotatable bonds is 5. The third kappa shape index (κ3) is 5.22. The molecule has 0 unspecified atom stereocenters. The van der Waals surface area contributed by atoms with Crippen LogP contribution < -0.4 is 11.1 Å². The summed E-state index contributed by atoms with van der Waals surface area (Å²) in [6.45, 7) is 3.53. The molecule has 1 atom stereocenters. The fourth-order valence-electron chi connectivity index (χ4n) is 1.50. The van der Waals surface area contributed by atoms with Crippen molar-refractivity contribution in [3.8, 4) is 0 Å². The highest BCUT2D eigenvalue weighted by Crippen LogP contribution is 2.29. The van der Waals surface area contributed by atoms with Crippen molar-refractivity contribution in [3.05, 3.63) is 46.5 Å². The molecule has 1 aromatic rings. The maximum atomic E-state index is 12.4. The lowest BCUT2D eigenvalue weighted by molar-refractivity contribution is -0.137. The van der Waals surface area contributed by atoms with Gasteiger partial charge in [-0.15, -0.1) is 0 Å². The molecular weight excluding hydrogens is 353 g/mol. The molecule has 0 bridgehead atoms. The highest BCUT2D eigenvalue weighted by molar-refractivity contribution is 9.11. The van der Waals surface area contributed by atoms with Crippen molar-refractivity contribution in [1.82, 2.24) is 5.32 Å². The monoisotopic (exact) mass is 364 g/mol. The Labute approximate surface area is 127 Å². The van der Waals surface area contributed by atoms with E-state index in [0.717, 1.165) is 24.3 Å². The van der Waals surface area contributed by atoms with Crippen LogP contribution in [-0.2, 0) is 11.0 Å². The molecule has 0 spiro atoms. The quantitative estimate of drug-likeness (QED) is 0.842. The van der Waals surface area contributed by atoms with Gasteiger partial charge in [0.2, 0.25) is 5.91 Å². The van der Waals surface area contributed by atoms with E-state index in [0.29, 0.717) is 4.48 Å². The van der Waals surface area contributed by atoms with Gasteiger partial charge in [-0.3, -0.25) is 9.59 Å². The first-order chi connectivity index (χ1) is 9.61. The van der Waals surface area contributed by atoms with E-state index in [4.69, 9.17) is 5.73 Å². The van der Waals surface area contributed by atoms with E-state index in [1.807, 2.05) is 0 Å². The number of nitrogens with two attached hydrogens (primary N) is 1. The van der Waals surface area contributed by atoms with Crippen molar-refractivity contribution in [3.63, 3.8) is 0 Å². The first-order valence-corrected chi connectivity index (χ1v) is 6.51. The van der Waals surface area contributed by atoms with Crippen LogP contribution in [0.5, 0.6) is 0 Å². The molecule has 0 aliphatic heterocycles.